The van der Waals surface area contributed by atoms with Crippen LogP contribution in [-0.4, -0.2) is 18.3 Å². The molecule has 1 unspecified atom stereocenters. The van der Waals surface area contributed by atoms with Gasteiger partial charge in [0.1, 0.15) is 5.84 Å². The number of aryl methyl sites for hydroxylation is 2. The van der Waals surface area contributed by atoms with Gasteiger partial charge in [0.2, 0.25) is 0 Å². The molecule has 0 bridgehead atoms. The molecule has 0 radical (unpaired) electrons. The summed E-state index contributed by atoms with van der Waals surface area (Å²) in [5.41, 5.74) is 12.2. The van der Waals surface area contributed by atoms with Crippen LogP contribution in [0.5, 0.6) is 0 Å². The third-order valence-electron chi connectivity index (χ3n) is 6.14. The average molecular weight is 523 g/mol. The van der Waals surface area contributed by atoms with E-state index < -0.39 is 0 Å². The lowest BCUT2D eigenvalue weighted by Gasteiger charge is -2.22. The summed E-state index contributed by atoms with van der Waals surface area (Å²) in [5, 5.41) is 6.39. The molecule has 0 saturated carbocycles. The molecule has 1 aromatic heterocycles. The zero-order valence-corrected chi connectivity index (χ0v) is 23.9. The molecule has 3 rings (SSSR count). The molecule has 0 saturated heterocycles. The number of thioether (sulfide) groups is 1. The Kier molecular flexibility index (Phi) is 8.90. The van der Waals surface area contributed by atoms with Crippen molar-refractivity contribution in [1.29, 1.82) is 0 Å². The van der Waals surface area contributed by atoms with Crippen LogP contribution in [-0.2, 0) is 5.41 Å². The van der Waals surface area contributed by atoms with Gasteiger partial charge in [-0.15, -0.1) is 23.1 Å². The van der Waals surface area contributed by atoms with Crippen LogP contribution >= 0.6 is 23.1 Å². The van der Waals surface area contributed by atoms with Crippen LogP contribution in [0, 0.1) is 19.8 Å². The summed E-state index contributed by atoms with van der Waals surface area (Å²) < 4.78 is 0. The first-order chi connectivity index (χ1) is 16.9. The zero-order chi connectivity index (χ0) is 26.6. The van der Waals surface area contributed by atoms with Crippen molar-refractivity contribution < 1.29 is 4.79 Å². The van der Waals surface area contributed by atoms with E-state index in [4.69, 9.17) is 11.6 Å². The van der Waals surface area contributed by atoms with E-state index in [0.717, 1.165) is 0 Å². The number of hydrogen-bond acceptors (Lipinski definition) is 5. The molecule has 0 aliphatic heterocycles. The second kappa shape index (κ2) is 11.5. The van der Waals surface area contributed by atoms with Crippen molar-refractivity contribution in [2.24, 2.45) is 22.6 Å². The molecule has 0 aliphatic rings. The SMILES string of the molecule is Cc1cc(SC(c2ccc(C(=O)NC/C(N)=N/N)s2)C(C)C)cc(C)c1-c1ccc(C(C)(C)C)cc1. The van der Waals surface area contributed by atoms with Crippen LogP contribution in [0.2, 0.25) is 0 Å². The molecular formula is C29H38N4OS2. The predicted octanol–water partition coefficient (Wildman–Crippen LogP) is 6.78. The van der Waals surface area contributed by atoms with Crippen LogP contribution in [0.4, 0.5) is 0 Å². The van der Waals surface area contributed by atoms with Crippen molar-refractivity contribution in [3.63, 3.8) is 0 Å². The number of hydrazone groups is 1. The molecule has 1 heterocycles. The standard InChI is InChI=1S/C29H38N4OS2/c1-17(2)27(23-12-13-24(36-23)28(34)32-16-25(30)33-31)35-22-14-18(3)26(19(4)15-22)20-8-10-21(11-9-20)29(5,6)7/h8-15,17,27H,16,31H2,1-7H3,(H2,30,33)(H,32,34). The number of rotatable bonds is 8. The lowest BCUT2D eigenvalue weighted by molar-refractivity contribution is 0.0963. The predicted molar refractivity (Wildman–Crippen MR) is 156 cm³/mol. The number of nitrogens with one attached hydrogen (secondary N) is 1. The van der Waals surface area contributed by atoms with E-state index in [9.17, 15) is 4.79 Å². The van der Waals surface area contributed by atoms with Crippen LogP contribution < -0.4 is 16.9 Å². The summed E-state index contributed by atoms with van der Waals surface area (Å²) >= 11 is 3.38. The summed E-state index contributed by atoms with van der Waals surface area (Å²) in [4.78, 5) is 15.6. The molecule has 0 spiro atoms. The molecule has 36 heavy (non-hydrogen) atoms. The van der Waals surface area contributed by atoms with Gasteiger partial charge in [-0.2, -0.15) is 5.10 Å². The van der Waals surface area contributed by atoms with E-state index in [0.29, 0.717) is 10.8 Å². The molecule has 0 fully saturated rings. The highest BCUT2D eigenvalue weighted by Crippen LogP contribution is 2.45. The molecule has 0 aliphatic carbocycles. The van der Waals surface area contributed by atoms with Gasteiger partial charge in [-0.1, -0.05) is 58.9 Å². The number of thiophene rings is 1. The van der Waals surface area contributed by atoms with Gasteiger partial charge in [0.25, 0.3) is 5.91 Å². The molecule has 3 aromatic rings. The number of carbonyl (C=O) groups excluding carboxylic acids is 1. The smallest absolute Gasteiger partial charge is 0.261 e. The maximum Gasteiger partial charge on any atom is 0.261 e. The fraction of sp³-hybridized carbons (Fsp3) is 0.379. The van der Waals surface area contributed by atoms with E-state index in [-0.39, 0.29) is 29.0 Å². The zero-order valence-electron chi connectivity index (χ0n) is 22.3. The number of carbonyl (C=O) groups is 1. The van der Waals surface area contributed by atoms with Crippen molar-refractivity contribution in [2.45, 2.75) is 64.0 Å². The number of amidine groups is 1. The van der Waals surface area contributed by atoms with E-state index in [1.807, 2.05) is 17.8 Å². The average Bonchev–Trinajstić information content (AvgIpc) is 3.30. The highest BCUT2D eigenvalue weighted by molar-refractivity contribution is 7.99. The van der Waals surface area contributed by atoms with Gasteiger partial charge in [0.05, 0.1) is 11.4 Å². The fourth-order valence-electron chi connectivity index (χ4n) is 4.18. The van der Waals surface area contributed by atoms with Gasteiger partial charge in [-0.05, 0) is 77.3 Å². The Balaban J connectivity index is 1.82. The van der Waals surface area contributed by atoms with Crippen molar-refractivity contribution in [1.82, 2.24) is 5.32 Å². The third kappa shape index (κ3) is 6.71. The number of hydrogen-bond donors (Lipinski definition) is 3. The number of nitrogens with zero attached hydrogens (tertiary/aromatic N) is 1. The highest BCUT2D eigenvalue weighted by atomic mass is 32.2. The van der Waals surface area contributed by atoms with Gasteiger partial charge >= 0.3 is 0 Å². The van der Waals surface area contributed by atoms with Crippen molar-refractivity contribution in [2.75, 3.05) is 6.54 Å². The first-order valence-corrected chi connectivity index (χ1v) is 13.9. The second-order valence-electron chi connectivity index (χ2n) is 10.5. The molecule has 1 atom stereocenters. The van der Waals surface area contributed by atoms with E-state index in [1.54, 1.807) is 0 Å². The summed E-state index contributed by atoms with van der Waals surface area (Å²) in [6, 6.07) is 17.5. The Morgan fingerprint density at radius 2 is 1.67 bits per heavy atom. The summed E-state index contributed by atoms with van der Waals surface area (Å²) in [7, 11) is 0. The Hall–Kier alpha value is -2.77. The minimum atomic E-state index is -0.168. The molecule has 2 aromatic carbocycles. The topological polar surface area (TPSA) is 93.5 Å². The maximum absolute atomic E-state index is 12.5. The van der Waals surface area contributed by atoms with E-state index in [1.165, 1.54) is 48.9 Å². The fourth-order valence-corrected chi connectivity index (χ4v) is 6.80. The number of nitrogens with two attached hydrogens (primary N) is 2. The van der Waals surface area contributed by atoms with Gasteiger partial charge in [-0.25, -0.2) is 0 Å². The maximum atomic E-state index is 12.5. The highest BCUT2D eigenvalue weighted by Gasteiger charge is 2.22. The number of benzene rings is 2. The molecule has 1 amide bonds. The van der Waals surface area contributed by atoms with Crippen LogP contribution in [0.25, 0.3) is 11.1 Å². The van der Waals surface area contributed by atoms with Gasteiger partial charge < -0.3 is 16.9 Å². The normalized spacial score (nSPS) is 13.2. The molecule has 7 heteroatoms. The van der Waals surface area contributed by atoms with E-state index in [2.05, 4.69) is 101 Å². The lowest BCUT2D eigenvalue weighted by atomic mass is 9.85. The Labute approximate surface area is 223 Å². The van der Waals surface area contributed by atoms with Crippen molar-refractivity contribution in [3.8, 4) is 11.1 Å². The van der Waals surface area contributed by atoms with Crippen molar-refractivity contribution >= 4 is 34.8 Å². The van der Waals surface area contributed by atoms with Crippen molar-refractivity contribution in [3.05, 3.63) is 75.0 Å². The summed E-state index contributed by atoms with van der Waals surface area (Å²) in [5.74, 6) is 5.56. The Morgan fingerprint density at radius 1 is 1.06 bits per heavy atom. The van der Waals surface area contributed by atoms with Crippen LogP contribution in [0.1, 0.15) is 71.1 Å². The summed E-state index contributed by atoms with van der Waals surface area (Å²) in [6.07, 6.45) is 0. The van der Waals surface area contributed by atoms with Crippen LogP contribution in [0.3, 0.4) is 0 Å². The largest absolute Gasteiger partial charge is 0.384 e. The third-order valence-corrected chi connectivity index (χ3v) is 9.02. The summed E-state index contributed by atoms with van der Waals surface area (Å²) in [6.45, 7) is 15.7. The first-order valence-electron chi connectivity index (χ1n) is 12.2. The van der Waals surface area contributed by atoms with Crippen LogP contribution in [0.15, 0.2) is 58.5 Å². The molecule has 192 valence electrons. The monoisotopic (exact) mass is 522 g/mol. The molecular weight excluding hydrogens is 484 g/mol. The molecule has 5 nitrogen and oxygen atoms in total. The second-order valence-corrected chi connectivity index (χ2v) is 12.9. The minimum absolute atomic E-state index is 0.134. The first kappa shape index (κ1) is 27.8. The number of amides is 1. The van der Waals surface area contributed by atoms with Gasteiger partial charge in [0, 0.05) is 15.0 Å². The minimum Gasteiger partial charge on any atom is -0.384 e. The Morgan fingerprint density at radius 3 is 2.19 bits per heavy atom. The Bertz CT molecular complexity index is 1210. The quantitative estimate of drug-likeness (QED) is 0.0999. The van der Waals surface area contributed by atoms with Gasteiger partial charge in [0.15, 0.2) is 0 Å². The molecule has 5 N–H and O–H groups in total. The van der Waals surface area contributed by atoms with Gasteiger partial charge in [-0.3, -0.25) is 4.79 Å². The van der Waals surface area contributed by atoms with E-state index >= 15 is 0 Å². The lowest BCUT2D eigenvalue weighted by Crippen LogP contribution is -2.33.